The molecule has 0 amide bonds. The maximum atomic E-state index is 11.4. The Balaban J connectivity index is 1.81. The molecule has 0 aliphatic carbocycles. The molecule has 0 saturated carbocycles. The Hall–Kier alpha value is -2.41. The lowest BCUT2D eigenvalue weighted by Gasteiger charge is -2.29. The lowest BCUT2D eigenvalue weighted by molar-refractivity contribution is -0.384. The van der Waals surface area contributed by atoms with Crippen molar-refractivity contribution in [3.8, 4) is 5.69 Å². The Morgan fingerprint density at radius 3 is 3.00 bits per heavy atom. The number of nitro benzene ring substituents is 1. The van der Waals surface area contributed by atoms with Crippen molar-refractivity contribution in [3.63, 3.8) is 0 Å². The fourth-order valence-electron chi connectivity index (χ4n) is 3.89. The molecular formula is C17H21N5O2. The lowest BCUT2D eigenvalue weighted by atomic mass is 9.92. The first kappa shape index (κ1) is 15.1. The van der Waals surface area contributed by atoms with Gasteiger partial charge >= 0.3 is 0 Å². The quantitative estimate of drug-likeness (QED) is 0.692. The van der Waals surface area contributed by atoms with Gasteiger partial charge in [-0.2, -0.15) is 5.10 Å². The van der Waals surface area contributed by atoms with Crippen molar-refractivity contribution in [2.45, 2.75) is 25.2 Å². The van der Waals surface area contributed by atoms with Crippen LogP contribution in [-0.4, -0.2) is 46.3 Å². The minimum absolute atomic E-state index is 0.0869. The summed E-state index contributed by atoms with van der Waals surface area (Å²) in [4.78, 5) is 13.4. The summed E-state index contributed by atoms with van der Waals surface area (Å²) in [5.74, 6) is 1.33. The first-order valence-corrected chi connectivity index (χ1v) is 8.43. The lowest BCUT2D eigenvalue weighted by Crippen LogP contribution is -2.31. The van der Waals surface area contributed by atoms with E-state index in [2.05, 4.69) is 17.3 Å². The van der Waals surface area contributed by atoms with Gasteiger partial charge in [-0.25, -0.2) is 4.68 Å². The number of para-hydroxylation sites is 2. The predicted molar refractivity (Wildman–Crippen MR) is 91.9 cm³/mol. The SMILES string of the molecule is CN1CCCC(c2nn(-c3ccccc3[N+](=O)[O-])c3c2CCN3)C1. The molecule has 1 N–H and O–H groups in total. The van der Waals surface area contributed by atoms with Gasteiger partial charge in [-0.15, -0.1) is 0 Å². The Bertz CT molecular complexity index is 785. The minimum atomic E-state index is -0.341. The molecule has 126 valence electrons. The summed E-state index contributed by atoms with van der Waals surface area (Å²) in [6, 6.07) is 6.81. The van der Waals surface area contributed by atoms with E-state index in [0.29, 0.717) is 11.6 Å². The topological polar surface area (TPSA) is 76.2 Å². The van der Waals surface area contributed by atoms with Crippen molar-refractivity contribution in [1.29, 1.82) is 0 Å². The van der Waals surface area contributed by atoms with Crippen molar-refractivity contribution in [2.24, 2.45) is 0 Å². The summed E-state index contributed by atoms with van der Waals surface area (Å²) >= 11 is 0. The van der Waals surface area contributed by atoms with Gasteiger partial charge < -0.3 is 10.2 Å². The third-order valence-electron chi connectivity index (χ3n) is 5.00. The fourth-order valence-corrected chi connectivity index (χ4v) is 3.89. The van der Waals surface area contributed by atoms with E-state index in [9.17, 15) is 10.1 Å². The molecule has 1 aromatic carbocycles. The maximum absolute atomic E-state index is 11.4. The minimum Gasteiger partial charge on any atom is -0.369 e. The van der Waals surface area contributed by atoms with Crippen LogP contribution in [0, 0.1) is 10.1 Å². The molecule has 3 heterocycles. The highest BCUT2D eigenvalue weighted by Gasteiger charge is 2.31. The number of aromatic nitrogens is 2. The second kappa shape index (κ2) is 5.90. The van der Waals surface area contributed by atoms with Gasteiger partial charge in [0.1, 0.15) is 11.5 Å². The van der Waals surface area contributed by atoms with Crippen LogP contribution in [0.25, 0.3) is 5.69 Å². The molecule has 7 heteroatoms. The molecule has 24 heavy (non-hydrogen) atoms. The Labute approximate surface area is 140 Å². The maximum Gasteiger partial charge on any atom is 0.294 e. The van der Waals surface area contributed by atoms with Crippen molar-refractivity contribution >= 4 is 11.5 Å². The highest BCUT2D eigenvalue weighted by Crippen LogP contribution is 2.37. The number of piperidine rings is 1. The zero-order valence-corrected chi connectivity index (χ0v) is 13.7. The highest BCUT2D eigenvalue weighted by molar-refractivity contribution is 5.62. The van der Waals surface area contributed by atoms with Gasteiger partial charge in [0.2, 0.25) is 0 Å². The number of nitrogens with one attached hydrogen (secondary N) is 1. The molecule has 1 fully saturated rings. The normalized spacial score (nSPS) is 20.6. The zero-order valence-electron chi connectivity index (χ0n) is 13.7. The number of anilines is 1. The number of hydrogen-bond donors (Lipinski definition) is 1. The largest absolute Gasteiger partial charge is 0.369 e. The molecule has 7 nitrogen and oxygen atoms in total. The van der Waals surface area contributed by atoms with Crippen LogP contribution in [0.1, 0.15) is 30.0 Å². The third-order valence-corrected chi connectivity index (χ3v) is 5.00. The van der Waals surface area contributed by atoms with Gasteiger partial charge in [0.15, 0.2) is 0 Å². The first-order chi connectivity index (χ1) is 11.6. The molecule has 0 bridgehead atoms. The van der Waals surface area contributed by atoms with Gasteiger partial charge in [-0.3, -0.25) is 10.1 Å². The molecule has 1 saturated heterocycles. The highest BCUT2D eigenvalue weighted by atomic mass is 16.6. The summed E-state index contributed by atoms with van der Waals surface area (Å²) in [5, 5.41) is 19.6. The zero-order chi connectivity index (χ0) is 16.7. The van der Waals surface area contributed by atoms with Crippen LogP contribution < -0.4 is 5.32 Å². The van der Waals surface area contributed by atoms with Gasteiger partial charge in [-0.1, -0.05) is 12.1 Å². The average Bonchev–Trinajstić information content (AvgIpc) is 3.17. The second-order valence-electron chi connectivity index (χ2n) is 6.65. The van der Waals surface area contributed by atoms with Crippen molar-refractivity contribution in [1.82, 2.24) is 14.7 Å². The van der Waals surface area contributed by atoms with E-state index in [1.54, 1.807) is 16.8 Å². The van der Waals surface area contributed by atoms with E-state index in [-0.39, 0.29) is 10.6 Å². The van der Waals surface area contributed by atoms with E-state index >= 15 is 0 Å². The number of likely N-dealkylation sites (tertiary alicyclic amines) is 1. The van der Waals surface area contributed by atoms with Crippen LogP contribution in [0.15, 0.2) is 24.3 Å². The number of hydrogen-bond acceptors (Lipinski definition) is 5. The molecule has 2 aromatic rings. The number of nitro groups is 1. The number of nitrogens with zero attached hydrogens (tertiary/aromatic N) is 4. The van der Waals surface area contributed by atoms with Crippen molar-refractivity contribution in [3.05, 3.63) is 45.6 Å². The van der Waals surface area contributed by atoms with E-state index in [0.717, 1.165) is 44.0 Å². The molecule has 1 aromatic heterocycles. The number of benzene rings is 1. The molecule has 1 unspecified atom stereocenters. The molecule has 4 rings (SSSR count). The Morgan fingerprint density at radius 1 is 1.38 bits per heavy atom. The first-order valence-electron chi connectivity index (χ1n) is 8.43. The van der Waals surface area contributed by atoms with Crippen LogP contribution >= 0.6 is 0 Å². The van der Waals surface area contributed by atoms with Gasteiger partial charge in [-0.05, 0) is 38.9 Å². The summed E-state index contributed by atoms with van der Waals surface area (Å²) < 4.78 is 1.74. The predicted octanol–water partition coefficient (Wildman–Crippen LogP) is 2.56. The van der Waals surface area contributed by atoms with Crippen LogP contribution in [0.3, 0.4) is 0 Å². The van der Waals surface area contributed by atoms with Gasteiger partial charge in [0.05, 0.1) is 10.6 Å². The summed E-state index contributed by atoms with van der Waals surface area (Å²) in [7, 11) is 2.14. The van der Waals surface area contributed by atoms with Gasteiger partial charge in [0, 0.05) is 30.6 Å². The Kier molecular flexibility index (Phi) is 3.72. The molecule has 0 spiro atoms. The fraction of sp³-hybridized carbons (Fsp3) is 0.471. The molecule has 2 aliphatic rings. The number of rotatable bonds is 3. The average molecular weight is 327 g/mol. The van der Waals surface area contributed by atoms with Crippen molar-refractivity contribution in [2.75, 3.05) is 32.0 Å². The van der Waals surface area contributed by atoms with Crippen LogP contribution in [0.5, 0.6) is 0 Å². The molecule has 2 aliphatic heterocycles. The summed E-state index contributed by atoms with van der Waals surface area (Å²) in [6.45, 7) is 2.99. The van der Waals surface area contributed by atoms with Crippen LogP contribution in [0.2, 0.25) is 0 Å². The van der Waals surface area contributed by atoms with Crippen LogP contribution in [-0.2, 0) is 6.42 Å². The number of likely N-dealkylation sites (N-methyl/N-ethyl adjacent to an activating group) is 1. The second-order valence-corrected chi connectivity index (χ2v) is 6.65. The van der Waals surface area contributed by atoms with E-state index < -0.39 is 0 Å². The number of fused-ring (bicyclic) bond motifs is 1. The Morgan fingerprint density at radius 2 is 2.21 bits per heavy atom. The van der Waals surface area contributed by atoms with E-state index in [4.69, 9.17) is 5.10 Å². The van der Waals surface area contributed by atoms with Gasteiger partial charge in [0.25, 0.3) is 5.69 Å². The standard InChI is InChI=1S/C17H21N5O2/c1-20-10-4-5-12(11-20)16-13-8-9-18-17(13)21(19-16)14-6-2-3-7-15(14)22(23)24/h2-3,6-7,12,18H,4-5,8-11H2,1H3. The molecule has 0 radical (unpaired) electrons. The monoisotopic (exact) mass is 327 g/mol. The van der Waals surface area contributed by atoms with Crippen molar-refractivity contribution < 1.29 is 4.92 Å². The van der Waals surface area contributed by atoms with E-state index in [1.165, 1.54) is 18.1 Å². The summed E-state index contributed by atoms with van der Waals surface area (Å²) in [5.41, 5.74) is 2.96. The summed E-state index contributed by atoms with van der Waals surface area (Å²) in [6.07, 6.45) is 3.23. The van der Waals surface area contributed by atoms with E-state index in [1.807, 2.05) is 6.07 Å². The molecular weight excluding hydrogens is 306 g/mol. The molecule has 1 atom stereocenters. The third kappa shape index (κ3) is 2.45. The van der Waals surface area contributed by atoms with Crippen LogP contribution in [0.4, 0.5) is 11.5 Å². The smallest absolute Gasteiger partial charge is 0.294 e.